The Morgan fingerprint density at radius 2 is 2.20 bits per heavy atom. The minimum atomic E-state index is 0. The molecule has 1 heterocycles. The number of nitrogens with one attached hydrogen (secondary N) is 2. The molecule has 0 aliphatic carbocycles. The lowest BCUT2D eigenvalue weighted by Crippen LogP contribution is -2.36. The van der Waals surface area contributed by atoms with Gasteiger partial charge in [0.05, 0.1) is 13.3 Å². The van der Waals surface area contributed by atoms with Gasteiger partial charge in [0.2, 0.25) is 0 Å². The van der Waals surface area contributed by atoms with Crippen LogP contribution < -0.4 is 10.8 Å². The Kier molecular flexibility index (Phi) is 9.90. The van der Waals surface area contributed by atoms with Gasteiger partial charge in [-0.05, 0) is 19.4 Å². The summed E-state index contributed by atoms with van der Waals surface area (Å²) in [6.45, 7) is 1.11. The van der Waals surface area contributed by atoms with E-state index in [1.54, 1.807) is 7.11 Å². The molecule has 3 nitrogen and oxygen atoms in total. The van der Waals surface area contributed by atoms with Crippen LogP contribution in [0.15, 0.2) is 0 Å². The second-order valence-electron chi connectivity index (χ2n) is 1.97. The third-order valence-electron chi connectivity index (χ3n) is 1.32. The first kappa shape index (κ1) is 13.1. The minimum Gasteiger partial charge on any atom is -0.304 e. The molecule has 1 atom stereocenters. The summed E-state index contributed by atoms with van der Waals surface area (Å²) in [6.07, 6.45) is 2.81. The Hall–Kier alpha value is 0.460. The minimum absolute atomic E-state index is 0. The average Bonchev–Trinajstić information content (AvgIpc) is 2.19. The van der Waals surface area contributed by atoms with Gasteiger partial charge in [-0.3, -0.25) is 0 Å². The van der Waals surface area contributed by atoms with Crippen LogP contribution in [0, 0.1) is 0 Å². The van der Waals surface area contributed by atoms with Crippen molar-refractivity contribution in [1.29, 1.82) is 0 Å². The number of halogens is 2. The molecule has 0 bridgehead atoms. The van der Waals surface area contributed by atoms with Crippen LogP contribution in [0.2, 0.25) is 0 Å². The Labute approximate surface area is 73.7 Å². The lowest BCUT2D eigenvalue weighted by molar-refractivity contribution is 0.0563. The van der Waals surface area contributed by atoms with E-state index in [0.717, 1.165) is 6.54 Å². The van der Waals surface area contributed by atoms with Crippen molar-refractivity contribution in [2.24, 2.45) is 0 Å². The van der Waals surface area contributed by atoms with Crippen molar-refractivity contribution in [3.05, 3.63) is 0 Å². The molecular formula is C5H14Cl2N2O. The zero-order valence-corrected chi connectivity index (χ0v) is 7.56. The molecule has 0 radical (unpaired) electrons. The molecule has 0 spiro atoms. The third-order valence-corrected chi connectivity index (χ3v) is 1.32. The normalized spacial score (nSPS) is 23.1. The van der Waals surface area contributed by atoms with Crippen LogP contribution in [0.4, 0.5) is 0 Å². The van der Waals surface area contributed by atoms with E-state index in [0.29, 0.717) is 6.17 Å². The van der Waals surface area contributed by atoms with Gasteiger partial charge in [0, 0.05) is 0 Å². The summed E-state index contributed by atoms with van der Waals surface area (Å²) in [4.78, 5) is 4.71. The van der Waals surface area contributed by atoms with Gasteiger partial charge >= 0.3 is 0 Å². The molecule has 0 unspecified atom stereocenters. The second-order valence-corrected chi connectivity index (χ2v) is 1.97. The van der Waals surface area contributed by atoms with E-state index >= 15 is 0 Å². The Morgan fingerprint density at radius 3 is 2.60 bits per heavy atom. The molecule has 1 aliphatic rings. The Morgan fingerprint density at radius 1 is 1.50 bits per heavy atom. The highest BCUT2D eigenvalue weighted by Crippen LogP contribution is 2.00. The van der Waals surface area contributed by atoms with Gasteiger partial charge in [0.25, 0.3) is 0 Å². The summed E-state index contributed by atoms with van der Waals surface area (Å²) in [5, 5.41) is 3.22. The first-order valence-corrected chi connectivity index (χ1v) is 2.95. The zero-order chi connectivity index (χ0) is 5.82. The highest BCUT2D eigenvalue weighted by atomic mass is 35.5. The van der Waals surface area contributed by atoms with Gasteiger partial charge in [-0.1, -0.05) is 0 Å². The molecule has 0 aromatic carbocycles. The van der Waals surface area contributed by atoms with Crippen LogP contribution in [-0.4, -0.2) is 19.8 Å². The van der Waals surface area contributed by atoms with Crippen molar-refractivity contribution in [2.45, 2.75) is 19.0 Å². The highest BCUT2D eigenvalue weighted by Gasteiger charge is 2.11. The van der Waals surface area contributed by atoms with E-state index in [1.165, 1.54) is 12.8 Å². The van der Waals surface area contributed by atoms with E-state index in [2.05, 4.69) is 10.8 Å². The van der Waals surface area contributed by atoms with E-state index in [4.69, 9.17) is 4.84 Å². The van der Waals surface area contributed by atoms with Crippen molar-refractivity contribution in [3.63, 3.8) is 0 Å². The molecule has 0 aromatic heterocycles. The van der Waals surface area contributed by atoms with E-state index < -0.39 is 0 Å². The number of hydrogen-bond donors (Lipinski definition) is 2. The fourth-order valence-electron chi connectivity index (χ4n) is 0.927. The van der Waals surface area contributed by atoms with Gasteiger partial charge in [-0.15, -0.1) is 24.8 Å². The van der Waals surface area contributed by atoms with Crippen LogP contribution in [0.5, 0.6) is 0 Å². The van der Waals surface area contributed by atoms with Crippen LogP contribution in [-0.2, 0) is 4.84 Å². The smallest absolute Gasteiger partial charge is 0.0812 e. The van der Waals surface area contributed by atoms with Crippen LogP contribution in [0.25, 0.3) is 0 Å². The Bertz CT molecular complexity index is 68.7. The van der Waals surface area contributed by atoms with Crippen molar-refractivity contribution >= 4 is 24.8 Å². The summed E-state index contributed by atoms with van der Waals surface area (Å²) < 4.78 is 0. The molecule has 64 valence electrons. The number of hydroxylamine groups is 1. The maximum atomic E-state index is 4.71. The van der Waals surface area contributed by atoms with E-state index in [-0.39, 0.29) is 24.8 Å². The molecule has 0 saturated carbocycles. The van der Waals surface area contributed by atoms with Crippen LogP contribution in [0.3, 0.4) is 0 Å². The summed E-state index contributed by atoms with van der Waals surface area (Å²) in [6, 6.07) is 0. The maximum Gasteiger partial charge on any atom is 0.0812 e. The third kappa shape index (κ3) is 4.30. The predicted molar refractivity (Wildman–Crippen MR) is 45.7 cm³/mol. The fourth-order valence-corrected chi connectivity index (χ4v) is 0.927. The molecule has 2 N–H and O–H groups in total. The second kappa shape index (κ2) is 7.57. The molecule has 1 aliphatic heterocycles. The zero-order valence-electron chi connectivity index (χ0n) is 5.92. The topological polar surface area (TPSA) is 33.3 Å². The Balaban J connectivity index is 0. The van der Waals surface area contributed by atoms with Crippen molar-refractivity contribution in [1.82, 2.24) is 10.8 Å². The first-order chi connectivity index (χ1) is 3.93. The van der Waals surface area contributed by atoms with Gasteiger partial charge < -0.3 is 10.2 Å². The SMILES string of the molecule is CON[C@@H]1CCCN1.Cl.Cl. The van der Waals surface area contributed by atoms with Gasteiger partial charge in [0.15, 0.2) is 0 Å². The molecule has 0 aromatic rings. The molecule has 0 amide bonds. The average molecular weight is 189 g/mol. The first-order valence-electron chi connectivity index (χ1n) is 2.95. The summed E-state index contributed by atoms with van der Waals surface area (Å²) in [5.74, 6) is 0. The van der Waals surface area contributed by atoms with E-state index in [1.807, 2.05) is 0 Å². The molecule has 1 fully saturated rings. The van der Waals surface area contributed by atoms with Gasteiger partial charge in [0.1, 0.15) is 0 Å². The summed E-state index contributed by atoms with van der Waals surface area (Å²) in [5.41, 5.74) is 2.83. The van der Waals surface area contributed by atoms with Crippen LogP contribution in [0.1, 0.15) is 12.8 Å². The number of hydrogen-bond acceptors (Lipinski definition) is 3. The van der Waals surface area contributed by atoms with Gasteiger partial charge in [-0.25, -0.2) is 0 Å². The standard InChI is InChI=1S/C5H12N2O.2ClH/c1-8-7-5-3-2-4-6-5;;/h5-7H,2-4H2,1H3;2*1H/t5-;;/m1../s1. The van der Waals surface area contributed by atoms with Crippen molar-refractivity contribution in [2.75, 3.05) is 13.7 Å². The predicted octanol–water partition coefficient (Wildman–Crippen LogP) is 0.690. The molecule has 10 heavy (non-hydrogen) atoms. The highest BCUT2D eigenvalue weighted by molar-refractivity contribution is 5.85. The van der Waals surface area contributed by atoms with Crippen molar-refractivity contribution < 1.29 is 4.84 Å². The molecule has 5 heteroatoms. The molecule has 1 rings (SSSR count). The summed E-state index contributed by atoms with van der Waals surface area (Å²) in [7, 11) is 1.64. The molecular weight excluding hydrogens is 175 g/mol. The largest absolute Gasteiger partial charge is 0.304 e. The monoisotopic (exact) mass is 188 g/mol. The lowest BCUT2D eigenvalue weighted by Gasteiger charge is -2.08. The van der Waals surface area contributed by atoms with E-state index in [9.17, 15) is 0 Å². The summed E-state index contributed by atoms with van der Waals surface area (Å²) >= 11 is 0. The van der Waals surface area contributed by atoms with Crippen LogP contribution >= 0.6 is 24.8 Å². The maximum absolute atomic E-state index is 4.71. The quantitative estimate of drug-likeness (QED) is 0.627. The lowest BCUT2D eigenvalue weighted by atomic mass is 10.3. The van der Waals surface area contributed by atoms with Crippen molar-refractivity contribution in [3.8, 4) is 0 Å². The fraction of sp³-hybridized carbons (Fsp3) is 1.00. The molecule has 1 saturated heterocycles. The number of rotatable bonds is 2. The van der Waals surface area contributed by atoms with Gasteiger partial charge in [-0.2, -0.15) is 5.48 Å².